The van der Waals surface area contributed by atoms with Gasteiger partial charge in [0, 0.05) is 17.0 Å². The first-order chi connectivity index (χ1) is 8.22. The van der Waals surface area contributed by atoms with Crippen molar-refractivity contribution in [3.8, 4) is 0 Å². The zero-order valence-corrected chi connectivity index (χ0v) is 11.4. The fourth-order valence-corrected chi connectivity index (χ4v) is 2.51. The molecular formula is C12H14ClN3S. The van der Waals surface area contributed by atoms with Gasteiger partial charge in [0.15, 0.2) is 0 Å². The minimum Gasteiger partial charge on any atom is -0.351 e. The molecule has 0 saturated heterocycles. The van der Waals surface area contributed by atoms with Gasteiger partial charge in [0.05, 0.1) is 6.54 Å². The normalized spacial score (nSPS) is 10.5. The summed E-state index contributed by atoms with van der Waals surface area (Å²) in [7, 11) is 0. The smallest absolute Gasteiger partial charge is 0.137 e. The van der Waals surface area contributed by atoms with Crippen LogP contribution in [-0.2, 0) is 6.54 Å². The summed E-state index contributed by atoms with van der Waals surface area (Å²) in [6.07, 6.45) is 1.52. The highest BCUT2D eigenvalue weighted by Crippen LogP contribution is 2.24. The van der Waals surface area contributed by atoms with Gasteiger partial charge in [-0.25, -0.2) is 9.97 Å². The molecule has 0 aliphatic heterocycles. The third-order valence-corrected chi connectivity index (χ3v) is 3.85. The molecule has 0 N–H and O–H groups in total. The lowest BCUT2D eigenvalue weighted by Gasteiger charge is -2.22. The number of nitrogens with zero attached hydrogens (tertiary/aromatic N) is 3. The van der Waals surface area contributed by atoms with E-state index in [0.29, 0.717) is 5.15 Å². The minimum atomic E-state index is 0.527. The van der Waals surface area contributed by atoms with E-state index in [1.54, 1.807) is 11.3 Å². The molecule has 0 saturated carbocycles. The van der Waals surface area contributed by atoms with Crippen molar-refractivity contribution in [2.24, 2.45) is 0 Å². The number of hydrogen-bond acceptors (Lipinski definition) is 4. The molecule has 0 spiro atoms. The molecule has 90 valence electrons. The van der Waals surface area contributed by atoms with E-state index in [1.165, 1.54) is 11.2 Å². The third kappa shape index (κ3) is 2.76. The summed E-state index contributed by atoms with van der Waals surface area (Å²) >= 11 is 7.77. The van der Waals surface area contributed by atoms with Gasteiger partial charge in [-0.05, 0) is 25.3 Å². The van der Waals surface area contributed by atoms with Crippen LogP contribution in [0.15, 0.2) is 23.8 Å². The van der Waals surface area contributed by atoms with Crippen molar-refractivity contribution in [2.75, 3.05) is 11.4 Å². The van der Waals surface area contributed by atoms with Crippen molar-refractivity contribution in [3.05, 3.63) is 39.4 Å². The van der Waals surface area contributed by atoms with Gasteiger partial charge in [0.25, 0.3) is 0 Å². The zero-order chi connectivity index (χ0) is 12.3. The Bertz CT molecular complexity index is 485. The Morgan fingerprint density at radius 1 is 1.41 bits per heavy atom. The molecule has 0 aromatic carbocycles. The van der Waals surface area contributed by atoms with Crippen LogP contribution in [0, 0.1) is 6.92 Å². The number of halogens is 1. The average molecular weight is 268 g/mol. The highest BCUT2D eigenvalue weighted by molar-refractivity contribution is 7.09. The summed E-state index contributed by atoms with van der Waals surface area (Å²) in [5, 5.41) is 2.61. The number of thiophene rings is 1. The maximum Gasteiger partial charge on any atom is 0.137 e. The molecule has 0 unspecified atom stereocenters. The Morgan fingerprint density at radius 2 is 2.24 bits per heavy atom. The van der Waals surface area contributed by atoms with Gasteiger partial charge in [-0.3, -0.25) is 0 Å². The SMILES string of the molecule is CCN(Cc1cccs1)c1ncnc(Cl)c1C. The monoisotopic (exact) mass is 267 g/mol. The second-order valence-corrected chi connectivity index (χ2v) is 5.10. The summed E-state index contributed by atoms with van der Waals surface area (Å²) < 4.78 is 0. The third-order valence-electron chi connectivity index (χ3n) is 2.60. The van der Waals surface area contributed by atoms with Gasteiger partial charge >= 0.3 is 0 Å². The number of hydrogen-bond donors (Lipinski definition) is 0. The van der Waals surface area contributed by atoms with Crippen LogP contribution in [0.5, 0.6) is 0 Å². The van der Waals surface area contributed by atoms with E-state index in [-0.39, 0.29) is 0 Å². The van der Waals surface area contributed by atoms with Gasteiger partial charge in [0.2, 0.25) is 0 Å². The van der Waals surface area contributed by atoms with Crippen molar-refractivity contribution in [2.45, 2.75) is 20.4 Å². The predicted octanol–water partition coefficient (Wildman–Crippen LogP) is 3.53. The Kier molecular flexibility index (Phi) is 3.97. The van der Waals surface area contributed by atoms with Crippen LogP contribution in [0.3, 0.4) is 0 Å². The van der Waals surface area contributed by atoms with E-state index in [4.69, 9.17) is 11.6 Å². The summed E-state index contributed by atoms with van der Waals surface area (Å²) in [5.41, 5.74) is 0.938. The van der Waals surface area contributed by atoms with Crippen LogP contribution in [0.2, 0.25) is 5.15 Å². The average Bonchev–Trinajstić information content (AvgIpc) is 2.83. The molecule has 17 heavy (non-hydrogen) atoms. The molecule has 0 amide bonds. The molecule has 0 bridgehead atoms. The lowest BCUT2D eigenvalue weighted by Crippen LogP contribution is -2.23. The van der Waals surface area contributed by atoms with Crippen molar-refractivity contribution >= 4 is 28.8 Å². The molecule has 0 aliphatic carbocycles. The van der Waals surface area contributed by atoms with Gasteiger partial charge in [0.1, 0.15) is 17.3 Å². The van der Waals surface area contributed by atoms with E-state index >= 15 is 0 Å². The van der Waals surface area contributed by atoms with E-state index in [2.05, 4.69) is 39.3 Å². The van der Waals surface area contributed by atoms with Crippen molar-refractivity contribution in [1.29, 1.82) is 0 Å². The van der Waals surface area contributed by atoms with Gasteiger partial charge in [-0.2, -0.15) is 0 Å². The highest BCUT2D eigenvalue weighted by Gasteiger charge is 2.12. The molecule has 0 fully saturated rings. The second-order valence-electron chi connectivity index (χ2n) is 3.71. The summed E-state index contributed by atoms with van der Waals surface area (Å²) in [6, 6.07) is 4.19. The Balaban J connectivity index is 2.26. The second kappa shape index (κ2) is 5.47. The molecule has 2 heterocycles. The summed E-state index contributed by atoms with van der Waals surface area (Å²) in [4.78, 5) is 11.8. The summed E-state index contributed by atoms with van der Waals surface area (Å²) in [5.74, 6) is 0.918. The Labute approximate surface area is 110 Å². The predicted molar refractivity (Wildman–Crippen MR) is 72.8 cm³/mol. The fraction of sp³-hybridized carbons (Fsp3) is 0.333. The van der Waals surface area contributed by atoms with E-state index in [9.17, 15) is 0 Å². The lowest BCUT2D eigenvalue weighted by molar-refractivity contribution is 0.813. The van der Waals surface area contributed by atoms with Gasteiger partial charge in [-0.15, -0.1) is 11.3 Å². The molecule has 2 rings (SSSR count). The first kappa shape index (κ1) is 12.3. The standard InChI is InChI=1S/C12H14ClN3S/c1-3-16(7-10-5-4-6-17-10)12-9(2)11(13)14-8-15-12/h4-6,8H,3,7H2,1-2H3. The summed E-state index contributed by atoms with van der Waals surface area (Å²) in [6.45, 7) is 5.83. The van der Waals surface area contributed by atoms with Gasteiger partial charge in [-0.1, -0.05) is 17.7 Å². The first-order valence-electron chi connectivity index (χ1n) is 5.46. The minimum absolute atomic E-state index is 0.527. The Hall–Kier alpha value is -1.13. The fourth-order valence-electron chi connectivity index (χ4n) is 1.67. The molecule has 3 nitrogen and oxygen atoms in total. The zero-order valence-electron chi connectivity index (χ0n) is 9.85. The van der Waals surface area contributed by atoms with Gasteiger partial charge < -0.3 is 4.90 Å². The van der Waals surface area contributed by atoms with E-state index in [1.807, 2.05) is 6.92 Å². The number of aromatic nitrogens is 2. The Morgan fingerprint density at radius 3 is 2.88 bits per heavy atom. The van der Waals surface area contributed by atoms with Crippen LogP contribution < -0.4 is 4.90 Å². The lowest BCUT2D eigenvalue weighted by atomic mass is 10.3. The largest absolute Gasteiger partial charge is 0.351 e. The van der Waals surface area contributed by atoms with Crippen LogP contribution in [0.1, 0.15) is 17.4 Å². The number of rotatable bonds is 4. The first-order valence-corrected chi connectivity index (χ1v) is 6.72. The quantitative estimate of drug-likeness (QED) is 0.794. The van der Waals surface area contributed by atoms with Crippen LogP contribution in [0.4, 0.5) is 5.82 Å². The van der Waals surface area contributed by atoms with Crippen molar-refractivity contribution < 1.29 is 0 Å². The highest BCUT2D eigenvalue weighted by atomic mass is 35.5. The molecule has 0 aliphatic rings. The molecule has 5 heteroatoms. The van der Waals surface area contributed by atoms with Crippen LogP contribution in [-0.4, -0.2) is 16.5 Å². The van der Waals surface area contributed by atoms with Crippen molar-refractivity contribution in [1.82, 2.24) is 9.97 Å². The van der Waals surface area contributed by atoms with Crippen molar-refractivity contribution in [3.63, 3.8) is 0 Å². The van der Waals surface area contributed by atoms with E-state index in [0.717, 1.165) is 24.5 Å². The van der Waals surface area contributed by atoms with E-state index < -0.39 is 0 Å². The maximum absolute atomic E-state index is 6.02. The molecule has 2 aromatic rings. The maximum atomic E-state index is 6.02. The number of anilines is 1. The topological polar surface area (TPSA) is 29.0 Å². The van der Waals surface area contributed by atoms with Crippen LogP contribution in [0.25, 0.3) is 0 Å². The molecule has 0 radical (unpaired) electrons. The molecule has 2 aromatic heterocycles. The molecule has 0 atom stereocenters. The molecular weight excluding hydrogens is 254 g/mol. The van der Waals surface area contributed by atoms with Crippen LogP contribution >= 0.6 is 22.9 Å².